The molecular formula is C17H30N4. The van der Waals surface area contributed by atoms with E-state index in [0.29, 0.717) is 18.1 Å². The number of hydrogen-bond acceptors (Lipinski definition) is 4. The molecule has 3 fully saturated rings. The summed E-state index contributed by atoms with van der Waals surface area (Å²) in [4.78, 5) is 5.03. The maximum Gasteiger partial charge on any atom is 0.108 e. The van der Waals surface area contributed by atoms with Crippen LogP contribution in [0.25, 0.3) is 0 Å². The van der Waals surface area contributed by atoms with Crippen LogP contribution in [0.5, 0.6) is 0 Å². The first-order chi connectivity index (χ1) is 10.1. The fraction of sp³-hybridized carbons (Fsp3) is 0.941. The topological polar surface area (TPSA) is 42.3 Å². The molecule has 0 aromatic heterocycles. The van der Waals surface area contributed by atoms with E-state index in [2.05, 4.69) is 35.3 Å². The van der Waals surface area contributed by atoms with Crippen LogP contribution in [0.1, 0.15) is 51.4 Å². The lowest BCUT2D eigenvalue weighted by molar-refractivity contribution is 0.0700. The molecule has 0 spiro atoms. The van der Waals surface area contributed by atoms with E-state index in [4.69, 9.17) is 0 Å². The fourth-order valence-electron chi connectivity index (χ4n) is 4.18. The Labute approximate surface area is 129 Å². The first kappa shape index (κ1) is 15.3. The third kappa shape index (κ3) is 3.59. The molecule has 0 aromatic rings. The van der Waals surface area contributed by atoms with Crippen molar-refractivity contribution in [3.05, 3.63) is 0 Å². The Kier molecular flexibility index (Phi) is 4.54. The van der Waals surface area contributed by atoms with Gasteiger partial charge in [-0.1, -0.05) is 0 Å². The van der Waals surface area contributed by atoms with Gasteiger partial charge in [0.2, 0.25) is 0 Å². The molecule has 4 nitrogen and oxygen atoms in total. The summed E-state index contributed by atoms with van der Waals surface area (Å²) in [6.07, 6.45) is 9.59. The first-order valence-corrected chi connectivity index (χ1v) is 8.71. The summed E-state index contributed by atoms with van der Waals surface area (Å²) in [5.41, 5.74) is -0.246. The van der Waals surface area contributed by atoms with E-state index in [1.54, 1.807) is 0 Å². The Morgan fingerprint density at radius 2 is 1.86 bits per heavy atom. The quantitative estimate of drug-likeness (QED) is 0.859. The number of hydrogen-bond donors (Lipinski definition) is 1. The summed E-state index contributed by atoms with van der Waals surface area (Å²) in [5, 5.41) is 13.4. The van der Waals surface area contributed by atoms with Crippen molar-refractivity contribution >= 4 is 0 Å². The average molecular weight is 290 g/mol. The Morgan fingerprint density at radius 3 is 2.48 bits per heavy atom. The smallest absolute Gasteiger partial charge is 0.108 e. The standard InChI is InChI=1S/C17H30N4/c1-20-10-7-15(8-11-20)21(2)16-4-3-9-17(12-16,13-18)19-14-5-6-14/h14-16,19H,3-12H2,1-2H3. The predicted molar refractivity (Wildman–Crippen MR) is 85.0 cm³/mol. The van der Waals surface area contributed by atoms with Crippen molar-refractivity contribution in [3.8, 4) is 6.07 Å². The zero-order chi connectivity index (χ0) is 14.9. The molecule has 1 heterocycles. The monoisotopic (exact) mass is 290 g/mol. The van der Waals surface area contributed by atoms with E-state index >= 15 is 0 Å². The minimum absolute atomic E-state index is 0.246. The molecule has 0 radical (unpaired) electrons. The summed E-state index contributed by atoms with van der Waals surface area (Å²) < 4.78 is 0. The van der Waals surface area contributed by atoms with Crippen LogP contribution < -0.4 is 5.32 Å². The summed E-state index contributed by atoms with van der Waals surface area (Å²) >= 11 is 0. The summed E-state index contributed by atoms with van der Waals surface area (Å²) in [6.45, 7) is 2.43. The Bertz CT molecular complexity index is 392. The van der Waals surface area contributed by atoms with Gasteiger partial charge >= 0.3 is 0 Å². The second-order valence-corrected chi connectivity index (χ2v) is 7.56. The highest BCUT2D eigenvalue weighted by molar-refractivity contribution is 5.13. The highest BCUT2D eigenvalue weighted by atomic mass is 15.2. The summed E-state index contributed by atoms with van der Waals surface area (Å²) in [5.74, 6) is 0. The number of likely N-dealkylation sites (tertiary alicyclic amines) is 1. The summed E-state index contributed by atoms with van der Waals surface area (Å²) in [6, 6.07) is 4.55. The zero-order valence-corrected chi connectivity index (χ0v) is 13.6. The lowest BCUT2D eigenvalue weighted by atomic mass is 9.78. The van der Waals surface area contributed by atoms with Gasteiger partial charge in [0.1, 0.15) is 5.54 Å². The van der Waals surface area contributed by atoms with E-state index in [0.717, 1.165) is 12.8 Å². The highest BCUT2D eigenvalue weighted by Crippen LogP contribution is 2.35. The minimum atomic E-state index is -0.246. The molecule has 21 heavy (non-hydrogen) atoms. The molecule has 4 heteroatoms. The van der Waals surface area contributed by atoms with Crippen LogP contribution >= 0.6 is 0 Å². The number of nitrogens with zero attached hydrogens (tertiary/aromatic N) is 3. The molecule has 3 rings (SSSR count). The molecular weight excluding hydrogens is 260 g/mol. The van der Waals surface area contributed by atoms with Gasteiger partial charge in [-0.15, -0.1) is 0 Å². The third-order valence-corrected chi connectivity index (χ3v) is 5.84. The van der Waals surface area contributed by atoms with Crippen molar-refractivity contribution in [1.82, 2.24) is 15.1 Å². The Morgan fingerprint density at radius 1 is 1.14 bits per heavy atom. The molecule has 2 unspecified atom stereocenters. The van der Waals surface area contributed by atoms with Gasteiger partial charge < -0.3 is 9.80 Å². The second kappa shape index (κ2) is 6.24. The summed E-state index contributed by atoms with van der Waals surface area (Å²) in [7, 11) is 4.52. The van der Waals surface area contributed by atoms with E-state index < -0.39 is 0 Å². The molecule has 2 atom stereocenters. The minimum Gasteiger partial charge on any atom is -0.306 e. The predicted octanol–water partition coefficient (Wildman–Crippen LogP) is 1.97. The third-order valence-electron chi connectivity index (χ3n) is 5.84. The molecule has 0 aromatic carbocycles. The number of piperidine rings is 1. The van der Waals surface area contributed by atoms with Crippen LogP contribution in [0, 0.1) is 11.3 Å². The molecule has 1 saturated heterocycles. The van der Waals surface area contributed by atoms with Gasteiger partial charge in [0.25, 0.3) is 0 Å². The van der Waals surface area contributed by atoms with Gasteiger partial charge in [-0.2, -0.15) is 5.26 Å². The molecule has 1 N–H and O–H groups in total. The number of nitriles is 1. The molecule has 2 aliphatic carbocycles. The SMILES string of the molecule is CN1CCC(N(C)C2CCCC(C#N)(NC3CC3)C2)CC1. The van der Waals surface area contributed by atoms with Crippen LogP contribution in [-0.2, 0) is 0 Å². The van der Waals surface area contributed by atoms with Gasteiger partial charge in [0.05, 0.1) is 6.07 Å². The number of rotatable bonds is 4. The van der Waals surface area contributed by atoms with E-state index in [1.165, 1.54) is 51.6 Å². The van der Waals surface area contributed by atoms with Gasteiger partial charge in [-0.3, -0.25) is 5.32 Å². The fourth-order valence-corrected chi connectivity index (χ4v) is 4.18. The van der Waals surface area contributed by atoms with Crippen molar-refractivity contribution in [2.45, 2.75) is 75.0 Å². The van der Waals surface area contributed by atoms with Crippen molar-refractivity contribution in [2.75, 3.05) is 27.2 Å². The van der Waals surface area contributed by atoms with Crippen molar-refractivity contribution in [2.24, 2.45) is 0 Å². The van der Waals surface area contributed by atoms with E-state index in [9.17, 15) is 5.26 Å². The van der Waals surface area contributed by atoms with Crippen molar-refractivity contribution in [3.63, 3.8) is 0 Å². The molecule has 0 amide bonds. The first-order valence-electron chi connectivity index (χ1n) is 8.71. The lowest BCUT2D eigenvalue weighted by Crippen LogP contribution is -2.55. The molecule has 2 saturated carbocycles. The van der Waals surface area contributed by atoms with Gasteiger partial charge in [-0.25, -0.2) is 0 Å². The van der Waals surface area contributed by atoms with Crippen LogP contribution in [0.3, 0.4) is 0 Å². The maximum atomic E-state index is 9.73. The van der Waals surface area contributed by atoms with Crippen LogP contribution in [0.4, 0.5) is 0 Å². The second-order valence-electron chi connectivity index (χ2n) is 7.56. The van der Waals surface area contributed by atoms with Gasteiger partial charge in [0, 0.05) is 18.1 Å². The largest absolute Gasteiger partial charge is 0.306 e. The van der Waals surface area contributed by atoms with Gasteiger partial charge in [0.15, 0.2) is 0 Å². The molecule has 118 valence electrons. The molecule has 3 aliphatic rings. The zero-order valence-electron chi connectivity index (χ0n) is 13.6. The molecule has 0 bridgehead atoms. The van der Waals surface area contributed by atoms with Crippen molar-refractivity contribution in [1.29, 1.82) is 5.26 Å². The maximum absolute atomic E-state index is 9.73. The van der Waals surface area contributed by atoms with Crippen LogP contribution in [0.15, 0.2) is 0 Å². The van der Waals surface area contributed by atoms with Gasteiger partial charge in [-0.05, 0) is 78.6 Å². The average Bonchev–Trinajstić information content (AvgIpc) is 3.31. The van der Waals surface area contributed by atoms with Crippen molar-refractivity contribution < 1.29 is 0 Å². The van der Waals surface area contributed by atoms with Crippen LogP contribution in [-0.4, -0.2) is 60.6 Å². The lowest BCUT2D eigenvalue weighted by Gasteiger charge is -2.45. The normalized spacial score (nSPS) is 35.8. The Balaban J connectivity index is 1.60. The number of nitrogens with one attached hydrogen (secondary N) is 1. The Hall–Kier alpha value is -0.630. The van der Waals surface area contributed by atoms with E-state index in [1.807, 2.05) is 0 Å². The molecule has 1 aliphatic heterocycles. The van der Waals surface area contributed by atoms with E-state index in [-0.39, 0.29) is 5.54 Å². The van der Waals surface area contributed by atoms with Crippen LogP contribution in [0.2, 0.25) is 0 Å². The highest BCUT2D eigenvalue weighted by Gasteiger charge is 2.42.